The summed E-state index contributed by atoms with van der Waals surface area (Å²) < 4.78 is 2.20. The lowest BCUT2D eigenvalue weighted by molar-refractivity contribution is 0.102. The van der Waals surface area contributed by atoms with Crippen LogP contribution in [0, 0.1) is 0 Å². The minimum atomic E-state index is -0.238. The van der Waals surface area contributed by atoms with Crippen LogP contribution in [0.2, 0.25) is 0 Å². The molecule has 2 aromatic carbocycles. The minimum absolute atomic E-state index is 0.0936. The maximum Gasteiger partial charge on any atom is 0.286 e. The lowest BCUT2D eigenvalue weighted by atomic mass is 10.1. The van der Waals surface area contributed by atoms with Gasteiger partial charge in [-0.05, 0) is 43.2 Å². The van der Waals surface area contributed by atoms with E-state index < -0.39 is 0 Å². The maximum atomic E-state index is 13.3. The van der Waals surface area contributed by atoms with Crippen molar-refractivity contribution in [2.45, 2.75) is 37.1 Å². The number of thioether (sulfide) groups is 1. The summed E-state index contributed by atoms with van der Waals surface area (Å²) in [5.74, 6) is 0.603. The fourth-order valence-electron chi connectivity index (χ4n) is 3.74. The van der Waals surface area contributed by atoms with E-state index in [9.17, 15) is 9.59 Å². The molecule has 1 aliphatic heterocycles. The van der Waals surface area contributed by atoms with Gasteiger partial charge in [0.2, 0.25) is 0 Å². The Balaban J connectivity index is 1.67. The van der Waals surface area contributed by atoms with Gasteiger partial charge < -0.3 is 14.8 Å². The van der Waals surface area contributed by atoms with Gasteiger partial charge in [-0.15, -0.1) is 0 Å². The Morgan fingerprint density at radius 1 is 1.00 bits per heavy atom. The third-order valence-electron chi connectivity index (χ3n) is 5.31. The molecule has 1 aliphatic rings. The summed E-state index contributed by atoms with van der Waals surface area (Å²) in [6.07, 6.45) is 4.10. The first-order valence-corrected chi connectivity index (χ1v) is 11.3. The quantitative estimate of drug-likeness (QED) is 0.566. The predicted octanol–water partition coefficient (Wildman–Crippen LogP) is 5.30. The standard InChI is InChI=1S/C24H26N4O2S/c1-27(2)24(30)31-20-15-9-8-13-18(20)25-23(29)21-19-14-7-4-10-16-28(19)22(26-21)17-11-5-3-6-12-17/h3,5-6,8-9,11-13,15H,4,7,10,14,16H2,1-2H3,(H,25,29). The Hall–Kier alpha value is -3.06. The van der Waals surface area contributed by atoms with Crippen molar-refractivity contribution in [1.82, 2.24) is 14.5 Å². The number of imidazole rings is 1. The van der Waals surface area contributed by atoms with Crippen molar-refractivity contribution in [1.29, 1.82) is 0 Å². The predicted molar refractivity (Wildman–Crippen MR) is 125 cm³/mol. The number of amides is 2. The number of benzene rings is 2. The highest BCUT2D eigenvalue weighted by atomic mass is 32.2. The molecule has 4 rings (SSSR count). The van der Waals surface area contributed by atoms with Crippen LogP contribution in [0.15, 0.2) is 59.5 Å². The molecule has 0 bridgehead atoms. The van der Waals surface area contributed by atoms with Gasteiger partial charge in [-0.2, -0.15) is 0 Å². The molecule has 2 heterocycles. The first-order valence-electron chi connectivity index (χ1n) is 10.5. The van der Waals surface area contributed by atoms with Crippen LogP contribution in [0.5, 0.6) is 0 Å². The second kappa shape index (κ2) is 9.39. The van der Waals surface area contributed by atoms with Gasteiger partial charge >= 0.3 is 0 Å². The first kappa shape index (κ1) is 21.2. The van der Waals surface area contributed by atoms with Crippen molar-refractivity contribution >= 4 is 28.6 Å². The molecular formula is C24H26N4O2S. The number of nitrogens with one attached hydrogen (secondary N) is 1. The van der Waals surface area contributed by atoms with Crippen LogP contribution < -0.4 is 5.32 Å². The SMILES string of the molecule is CN(C)C(=O)Sc1ccccc1NC(=O)c1nc(-c2ccccc2)n2c1CCCCC2. The second-order valence-corrected chi connectivity index (χ2v) is 8.76. The summed E-state index contributed by atoms with van der Waals surface area (Å²) in [6.45, 7) is 0.865. The van der Waals surface area contributed by atoms with Gasteiger partial charge in [0.25, 0.3) is 11.1 Å². The third kappa shape index (κ3) is 4.66. The zero-order valence-electron chi connectivity index (χ0n) is 17.8. The van der Waals surface area contributed by atoms with Crippen LogP contribution in [-0.4, -0.2) is 39.7 Å². The van der Waals surface area contributed by atoms with Crippen molar-refractivity contribution in [3.05, 3.63) is 66.0 Å². The molecule has 0 radical (unpaired) electrons. The van der Waals surface area contributed by atoms with Crippen LogP contribution in [-0.2, 0) is 13.0 Å². The summed E-state index contributed by atoms with van der Waals surface area (Å²) >= 11 is 1.10. The summed E-state index contributed by atoms with van der Waals surface area (Å²) in [7, 11) is 3.42. The number of nitrogens with zero attached hydrogens (tertiary/aromatic N) is 3. The number of rotatable bonds is 4. The van der Waals surface area contributed by atoms with E-state index in [0.717, 1.165) is 61.1 Å². The normalized spacial score (nSPS) is 13.2. The van der Waals surface area contributed by atoms with Gasteiger partial charge in [-0.1, -0.05) is 48.9 Å². The molecular weight excluding hydrogens is 408 g/mol. The Labute approximate surface area is 186 Å². The Kier molecular flexibility index (Phi) is 6.42. The Morgan fingerprint density at radius 2 is 1.74 bits per heavy atom. The topological polar surface area (TPSA) is 67.2 Å². The lowest BCUT2D eigenvalue weighted by Crippen LogP contribution is -2.18. The number of anilines is 1. The monoisotopic (exact) mass is 434 g/mol. The average molecular weight is 435 g/mol. The van der Waals surface area contributed by atoms with Crippen molar-refractivity contribution in [3.8, 4) is 11.4 Å². The van der Waals surface area contributed by atoms with Crippen molar-refractivity contribution < 1.29 is 9.59 Å². The summed E-state index contributed by atoms with van der Waals surface area (Å²) in [6, 6.07) is 17.4. The number of carbonyl (C=O) groups excluding carboxylic acids is 2. The van der Waals surface area contributed by atoms with Crippen molar-refractivity contribution in [3.63, 3.8) is 0 Å². The smallest absolute Gasteiger partial charge is 0.286 e. The molecule has 1 aromatic heterocycles. The highest BCUT2D eigenvalue weighted by Crippen LogP contribution is 2.31. The number of fused-ring (bicyclic) bond motifs is 1. The number of hydrogen-bond donors (Lipinski definition) is 1. The van der Waals surface area contributed by atoms with Gasteiger partial charge in [-0.3, -0.25) is 9.59 Å². The minimum Gasteiger partial charge on any atom is -0.339 e. The highest BCUT2D eigenvalue weighted by Gasteiger charge is 2.25. The molecule has 31 heavy (non-hydrogen) atoms. The van der Waals surface area contributed by atoms with Crippen LogP contribution in [0.4, 0.5) is 10.5 Å². The van der Waals surface area contributed by atoms with E-state index in [4.69, 9.17) is 4.98 Å². The lowest BCUT2D eigenvalue weighted by Gasteiger charge is -2.13. The van der Waals surface area contributed by atoms with Gasteiger partial charge in [0, 0.05) is 31.1 Å². The largest absolute Gasteiger partial charge is 0.339 e. The summed E-state index contributed by atoms with van der Waals surface area (Å²) in [5, 5.41) is 2.91. The average Bonchev–Trinajstić information content (AvgIpc) is 2.96. The van der Waals surface area contributed by atoms with Crippen LogP contribution in [0.3, 0.4) is 0 Å². The van der Waals surface area contributed by atoms with E-state index >= 15 is 0 Å². The fraction of sp³-hybridized carbons (Fsp3) is 0.292. The number of hydrogen-bond acceptors (Lipinski definition) is 4. The van der Waals surface area contributed by atoms with Crippen LogP contribution in [0.1, 0.15) is 35.4 Å². The Bertz CT molecular complexity index is 1090. The van der Waals surface area contributed by atoms with E-state index in [1.54, 1.807) is 14.1 Å². The van der Waals surface area contributed by atoms with Gasteiger partial charge in [0.1, 0.15) is 11.5 Å². The molecule has 0 fully saturated rings. The first-order chi connectivity index (χ1) is 15.0. The zero-order valence-corrected chi connectivity index (χ0v) is 18.6. The molecule has 2 amide bonds. The van der Waals surface area contributed by atoms with Gasteiger partial charge in [-0.25, -0.2) is 4.98 Å². The van der Waals surface area contributed by atoms with E-state index in [2.05, 4.69) is 9.88 Å². The number of carbonyl (C=O) groups is 2. The second-order valence-electron chi connectivity index (χ2n) is 7.77. The zero-order chi connectivity index (χ0) is 21.8. The highest BCUT2D eigenvalue weighted by molar-refractivity contribution is 8.13. The molecule has 160 valence electrons. The van der Waals surface area contributed by atoms with Crippen molar-refractivity contribution in [2.24, 2.45) is 0 Å². The summed E-state index contributed by atoms with van der Waals surface area (Å²) in [4.78, 5) is 32.5. The van der Waals surface area contributed by atoms with E-state index in [-0.39, 0.29) is 11.1 Å². The molecule has 0 atom stereocenters. The van der Waals surface area contributed by atoms with Crippen LogP contribution in [0.25, 0.3) is 11.4 Å². The fourth-order valence-corrected chi connectivity index (χ4v) is 4.48. The van der Waals surface area contributed by atoms with E-state index in [1.165, 1.54) is 4.90 Å². The molecule has 0 saturated carbocycles. The summed E-state index contributed by atoms with van der Waals surface area (Å²) in [5.41, 5.74) is 3.09. The molecule has 0 unspecified atom stereocenters. The van der Waals surface area contributed by atoms with E-state index in [1.807, 2.05) is 54.6 Å². The molecule has 3 aromatic rings. The van der Waals surface area contributed by atoms with Crippen LogP contribution >= 0.6 is 11.8 Å². The van der Waals surface area contributed by atoms with Gasteiger partial charge in [0.05, 0.1) is 11.4 Å². The number of para-hydroxylation sites is 1. The number of aromatic nitrogens is 2. The molecule has 6 nitrogen and oxygen atoms in total. The molecule has 1 N–H and O–H groups in total. The molecule has 0 saturated heterocycles. The molecule has 0 aliphatic carbocycles. The third-order valence-corrected chi connectivity index (χ3v) is 6.43. The van der Waals surface area contributed by atoms with E-state index in [0.29, 0.717) is 16.3 Å². The maximum absolute atomic E-state index is 13.3. The molecule has 7 heteroatoms. The molecule has 0 spiro atoms. The van der Waals surface area contributed by atoms with Gasteiger partial charge in [0.15, 0.2) is 0 Å². The Morgan fingerprint density at radius 3 is 2.52 bits per heavy atom. The van der Waals surface area contributed by atoms with Crippen molar-refractivity contribution in [2.75, 3.05) is 19.4 Å².